The van der Waals surface area contributed by atoms with Gasteiger partial charge in [0.1, 0.15) is 15.5 Å². The Kier molecular flexibility index (Phi) is 4.38. The molecule has 104 valence electrons. The molecule has 0 spiro atoms. The molecule has 1 aromatic rings. The summed E-state index contributed by atoms with van der Waals surface area (Å²) in [5, 5.41) is 23.9. The molecule has 0 aromatic heterocycles. The maximum absolute atomic E-state index is 10.9. The van der Waals surface area contributed by atoms with Crippen molar-refractivity contribution in [3.63, 3.8) is 0 Å². The molecule has 0 aliphatic carbocycles. The lowest BCUT2D eigenvalue weighted by Gasteiger charge is -2.06. The van der Waals surface area contributed by atoms with E-state index >= 15 is 0 Å². The summed E-state index contributed by atoms with van der Waals surface area (Å²) in [6.45, 7) is -0.0164. The summed E-state index contributed by atoms with van der Waals surface area (Å²) in [5.41, 5.74) is -0.831. The molecule has 0 atom stereocenters. The second-order valence-electron chi connectivity index (χ2n) is 3.77. The van der Waals surface area contributed by atoms with E-state index in [0.29, 0.717) is 0 Å². The van der Waals surface area contributed by atoms with Gasteiger partial charge in [-0.2, -0.15) is 0 Å². The normalized spacial score (nSPS) is 11.0. The number of hydrogen-bond donors (Lipinski definition) is 1. The van der Waals surface area contributed by atoms with Gasteiger partial charge in [-0.15, -0.1) is 0 Å². The molecule has 1 rings (SSSR count). The van der Waals surface area contributed by atoms with Gasteiger partial charge in [-0.25, -0.2) is 8.42 Å². The lowest BCUT2D eigenvalue weighted by atomic mass is 10.2. The molecular formula is C9H11N3O6S. The van der Waals surface area contributed by atoms with Crippen LogP contribution in [-0.2, 0) is 9.84 Å². The van der Waals surface area contributed by atoms with Crippen molar-refractivity contribution in [2.45, 2.75) is 0 Å². The summed E-state index contributed by atoms with van der Waals surface area (Å²) in [7, 11) is -3.19. The van der Waals surface area contributed by atoms with Crippen LogP contribution in [0.3, 0.4) is 0 Å². The first-order valence-corrected chi connectivity index (χ1v) is 7.11. The lowest BCUT2D eigenvalue weighted by molar-refractivity contribution is -0.393. The maximum Gasteiger partial charge on any atom is 0.299 e. The highest BCUT2D eigenvalue weighted by Gasteiger charge is 2.19. The highest BCUT2D eigenvalue weighted by Crippen LogP contribution is 2.28. The minimum absolute atomic E-state index is 0.0164. The van der Waals surface area contributed by atoms with Crippen LogP contribution >= 0.6 is 0 Å². The zero-order chi connectivity index (χ0) is 14.6. The number of anilines is 1. The minimum Gasteiger partial charge on any atom is -0.378 e. The van der Waals surface area contributed by atoms with Gasteiger partial charge in [0.05, 0.1) is 21.7 Å². The molecule has 0 saturated heterocycles. The van der Waals surface area contributed by atoms with Crippen molar-refractivity contribution in [3.05, 3.63) is 38.4 Å². The Labute approximate surface area is 108 Å². The molecule has 9 nitrogen and oxygen atoms in total. The SMILES string of the molecule is CS(=O)(=O)CCNc1ccc([N+](=O)[O-])cc1[N+](=O)[O-]. The average Bonchev–Trinajstić information content (AvgIpc) is 2.27. The van der Waals surface area contributed by atoms with Gasteiger partial charge in [0.15, 0.2) is 0 Å². The van der Waals surface area contributed by atoms with E-state index in [9.17, 15) is 28.6 Å². The third-order valence-corrected chi connectivity index (χ3v) is 3.12. The quantitative estimate of drug-likeness (QED) is 0.609. The van der Waals surface area contributed by atoms with Crippen LogP contribution in [-0.4, -0.2) is 36.8 Å². The Balaban J connectivity index is 2.94. The van der Waals surface area contributed by atoms with Gasteiger partial charge in [-0.05, 0) is 6.07 Å². The molecule has 0 unspecified atom stereocenters. The Bertz CT molecular complexity index is 612. The second kappa shape index (κ2) is 5.61. The van der Waals surface area contributed by atoms with Crippen LogP contribution in [0.2, 0.25) is 0 Å². The fourth-order valence-corrected chi connectivity index (χ4v) is 1.78. The first kappa shape index (κ1) is 14.8. The van der Waals surface area contributed by atoms with Crippen molar-refractivity contribution < 1.29 is 18.3 Å². The summed E-state index contributed by atoms with van der Waals surface area (Å²) in [5.74, 6) is -0.193. The molecular weight excluding hydrogens is 278 g/mol. The predicted octanol–water partition coefficient (Wildman–Crippen LogP) is 0.959. The standard InChI is InChI=1S/C9H11N3O6S/c1-19(17,18)5-4-10-8-3-2-7(11(13)14)6-9(8)12(15)16/h2-3,6,10H,4-5H2,1H3. The topological polar surface area (TPSA) is 132 Å². The number of nitrogens with zero attached hydrogens (tertiary/aromatic N) is 2. The van der Waals surface area contributed by atoms with E-state index in [1.54, 1.807) is 0 Å². The average molecular weight is 289 g/mol. The van der Waals surface area contributed by atoms with Crippen LogP contribution in [0.1, 0.15) is 0 Å². The number of nitro benzene ring substituents is 2. The van der Waals surface area contributed by atoms with Crippen LogP contribution in [0, 0.1) is 20.2 Å². The van der Waals surface area contributed by atoms with Gasteiger partial charge in [0.2, 0.25) is 0 Å². The van der Waals surface area contributed by atoms with Crippen LogP contribution in [0.25, 0.3) is 0 Å². The number of nitro groups is 2. The number of rotatable bonds is 6. The molecule has 0 heterocycles. The van der Waals surface area contributed by atoms with E-state index < -0.39 is 31.1 Å². The number of sulfone groups is 1. The molecule has 19 heavy (non-hydrogen) atoms. The smallest absolute Gasteiger partial charge is 0.299 e. The minimum atomic E-state index is -3.19. The van der Waals surface area contributed by atoms with E-state index in [-0.39, 0.29) is 18.0 Å². The molecule has 10 heteroatoms. The van der Waals surface area contributed by atoms with Crippen molar-refractivity contribution >= 4 is 26.9 Å². The van der Waals surface area contributed by atoms with Gasteiger partial charge in [0.25, 0.3) is 11.4 Å². The zero-order valence-corrected chi connectivity index (χ0v) is 10.7. The molecule has 0 fully saturated rings. The van der Waals surface area contributed by atoms with Gasteiger partial charge in [0, 0.05) is 18.9 Å². The van der Waals surface area contributed by atoms with Crippen LogP contribution in [0.5, 0.6) is 0 Å². The lowest BCUT2D eigenvalue weighted by Crippen LogP contribution is -2.14. The van der Waals surface area contributed by atoms with E-state index in [4.69, 9.17) is 0 Å². The van der Waals surface area contributed by atoms with Crippen molar-refractivity contribution in [3.8, 4) is 0 Å². The number of hydrogen-bond acceptors (Lipinski definition) is 7. The third kappa shape index (κ3) is 4.50. The second-order valence-corrected chi connectivity index (χ2v) is 6.03. The number of non-ortho nitro benzene ring substituents is 1. The van der Waals surface area contributed by atoms with Crippen LogP contribution < -0.4 is 5.32 Å². The van der Waals surface area contributed by atoms with E-state index in [1.807, 2.05) is 0 Å². The van der Waals surface area contributed by atoms with Gasteiger partial charge < -0.3 is 5.32 Å². The highest BCUT2D eigenvalue weighted by molar-refractivity contribution is 7.90. The Morgan fingerprint density at radius 1 is 1.21 bits per heavy atom. The summed E-state index contributed by atoms with van der Waals surface area (Å²) in [4.78, 5) is 19.8. The fourth-order valence-electron chi connectivity index (χ4n) is 1.31. The van der Waals surface area contributed by atoms with Crippen molar-refractivity contribution in [2.75, 3.05) is 23.9 Å². The fraction of sp³-hybridized carbons (Fsp3) is 0.333. The van der Waals surface area contributed by atoms with Gasteiger partial charge in [-0.1, -0.05) is 0 Å². The van der Waals surface area contributed by atoms with Crippen molar-refractivity contribution in [2.24, 2.45) is 0 Å². The first-order valence-electron chi connectivity index (χ1n) is 5.05. The Hall–Kier alpha value is -2.23. The zero-order valence-electron chi connectivity index (χ0n) is 9.90. The molecule has 0 radical (unpaired) electrons. The number of nitrogens with one attached hydrogen (secondary N) is 1. The van der Waals surface area contributed by atoms with E-state index in [2.05, 4.69) is 5.32 Å². The van der Waals surface area contributed by atoms with E-state index in [0.717, 1.165) is 18.4 Å². The van der Waals surface area contributed by atoms with Gasteiger partial charge in [-0.3, -0.25) is 20.2 Å². The largest absolute Gasteiger partial charge is 0.378 e. The Morgan fingerprint density at radius 2 is 1.84 bits per heavy atom. The molecule has 0 bridgehead atoms. The van der Waals surface area contributed by atoms with E-state index in [1.165, 1.54) is 6.07 Å². The van der Waals surface area contributed by atoms with Gasteiger partial charge >= 0.3 is 0 Å². The molecule has 1 aromatic carbocycles. The molecule has 0 aliphatic rings. The Morgan fingerprint density at radius 3 is 2.32 bits per heavy atom. The molecule has 0 saturated carbocycles. The summed E-state index contributed by atoms with van der Waals surface area (Å²) in [6.07, 6.45) is 1.04. The maximum atomic E-state index is 10.9. The van der Waals surface area contributed by atoms with Crippen molar-refractivity contribution in [1.29, 1.82) is 0 Å². The predicted molar refractivity (Wildman–Crippen MR) is 68.0 cm³/mol. The molecule has 0 amide bonds. The number of benzene rings is 1. The summed E-state index contributed by atoms with van der Waals surface area (Å²) < 4.78 is 21.8. The molecule has 1 N–H and O–H groups in total. The van der Waals surface area contributed by atoms with Crippen molar-refractivity contribution in [1.82, 2.24) is 0 Å². The summed E-state index contributed by atoms with van der Waals surface area (Å²) >= 11 is 0. The van der Waals surface area contributed by atoms with Crippen LogP contribution in [0.15, 0.2) is 18.2 Å². The van der Waals surface area contributed by atoms with Crippen LogP contribution in [0.4, 0.5) is 17.1 Å². The summed E-state index contributed by atoms with van der Waals surface area (Å²) in [6, 6.07) is 3.11. The monoisotopic (exact) mass is 289 g/mol. The third-order valence-electron chi connectivity index (χ3n) is 2.18. The highest BCUT2D eigenvalue weighted by atomic mass is 32.2. The molecule has 0 aliphatic heterocycles. The first-order chi connectivity index (χ1) is 8.70.